The number of carbonyl (C=O) groups is 2. The van der Waals surface area contributed by atoms with E-state index in [0.29, 0.717) is 25.3 Å². The van der Waals surface area contributed by atoms with Gasteiger partial charge in [0.25, 0.3) is 5.91 Å². The summed E-state index contributed by atoms with van der Waals surface area (Å²) in [6, 6.07) is 14.8. The van der Waals surface area contributed by atoms with Gasteiger partial charge in [0.05, 0.1) is 0 Å². The molecular formula is C24H31BrN2O3. The van der Waals surface area contributed by atoms with Crippen LogP contribution in [0.4, 0.5) is 0 Å². The molecule has 0 fully saturated rings. The molecule has 0 unspecified atom stereocenters. The van der Waals surface area contributed by atoms with Crippen molar-refractivity contribution in [2.45, 2.75) is 52.6 Å². The van der Waals surface area contributed by atoms with Crippen LogP contribution in [0.3, 0.4) is 0 Å². The van der Waals surface area contributed by atoms with Gasteiger partial charge in [-0.25, -0.2) is 0 Å². The topological polar surface area (TPSA) is 58.6 Å². The van der Waals surface area contributed by atoms with Crippen molar-refractivity contribution in [3.05, 3.63) is 64.1 Å². The molecule has 30 heavy (non-hydrogen) atoms. The quantitative estimate of drug-likeness (QED) is 0.473. The highest BCUT2D eigenvalue weighted by molar-refractivity contribution is 9.10. The number of hydrogen-bond donors (Lipinski definition) is 1. The fraction of sp³-hybridized carbons (Fsp3) is 0.417. The molecule has 2 rings (SSSR count). The van der Waals surface area contributed by atoms with Gasteiger partial charge in [0.2, 0.25) is 5.91 Å². The van der Waals surface area contributed by atoms with Gasteiger partial charge >= 0.3 is 0 Å². The summed E-state index contributed by atoms with van der Waals surface area (Å²) in [6.07, 6.45) is 2.46. The number of halogens is 1. The van der Waals surface area contributed by atoms with Crippen molar-refractivity contribution < 1.29 is 14.3 Å². The van der Waals surface area contributed by atoms with Gasteiger partial charge in [0.1, 0.15) is 11.8 Å². The molecule has 1 N–H and O–H groups in total. The Bertz CT molecular complexity index is 823. The zero-order chi connectivity index (χ0) is 21.9. The third-order valence-corrected chi connectivity index (χ3v) is 5.36. The lowest BCUT2D eigenvalue weighted by Crippen LogP contribution is -2.50. The molecule has 0 aliphatic heterocycles. The predicted molar refractivity (Wildman–Crippen MR) is 123 cm³/mol. The van der Waals surface area contributed by atoms with Crippen molar-refractivity contribution in [1.29, 1.82) is 0 Å². The van der Waals surface area contributed by atoms with Gasteiger partial charge in [-0.1, -0.05) is 66.0 Å². The first-order valence-corrected chi connectivity index (χ1v) is 11.2. The zero-order valence-corrected chi connectivity index (χ0v) is 19.6. The Kier molecular flexibility index (Phi) is 9.87. The third-order valence-electron chi connectivity index (χ3n) is 4.83. The molecule has 6 heteroatoms. The molecule has 2 aromatic rings. The predicted octanol–water partition coefficient (Wildman–Crippen LogP) is 4.86. The van der Waals surface area contributed by atoms with Gasteiger partial charge in [0, 0.05) is 17.6 Å². The molecule has 0 spiro atoms. The largest absolute Gasteiger partial charge is 0.484 e. The summed E-state index contributed by atoms with van der Waals surface area (Å²) < 4.78 is 6.64. The van der Waals surface area contributed by atoms with E-state index in [2.05, 4.69) is 28.2 Å². The molecular weight excluding hydrogens is 444 g/mol. The van der Waals surface area contributed by atoms with E-state index >= 15 is 0 Å². The highest BCUT2D eigenvalue weighted by atomic mass is 79.9. The Labute approximate surface area is 187 Å². The molecule has 0 saturated carbocycles. The van der Waals surface area contributed by atoms with Crippen molar-refractivity contribution >= 4 is 27.7 Å². The zero-order valence-electron chi connectivity index (χ0n) is 18.0. The second-order valence-electron chi connectivity index (χ2n) is 7.32. The first-order chi connectivity index (χ1) is 14.4. The Morgan fingerprint density at radius 3 is 2.50 bits per heavy atom. The summed E-state index contributed by atoms with van der Waals surface area (Å²) in [7, 11) is 0. The highest BCUT2D eigenvalue weighted by Crippen LogP contribution is 2.18. The summed E-state index contributed by atoms with van der Waals surface area (Å²) in [5.74, 6) is 0.287. The van der Waals surface area contributed by atoms with E-state index in [1.54, 1.807) is 17.0 Å². The number of amides is 2. The molecule has 0 aliphatic rings. The van der Waals surface area contributed by atoms with Crippen LogP contribution in [0.25, 0.3) is 0 Å². The number of nitrogens with zero attached hydrogens (tertiary/aromatic N) is 1. The van der Waals surface area contributed by atoms with E-state index in [-0.39, 0.29) is 18.4 Å². The fourth-order valence-electron chi connectivity index (χ4n) is 3.19. The number of hydrogen-bond acceptors (Lipinski definition) is 3. The van der Waals surface area contributed by atoms with E-state index < -0.39 is 6.04 Å². The van der Waals surface area contributed by atoms with Gasteiger partial charge in [-0.05, 0) is 49.6 Å². The molecule has 2 amide bonds. The molecule has 0 heterocycles. The molecule has 5 nitrogen and oxygen atoms in total. The SMILES string of the molecule is CCCCNC(=O)[C@H](CC)N(Cc1cccc(C)c1)C(=O)COc1ccc(Br)cc1. The smallest absolute Gasteiger partial charge is 0.261 e. The van der Waals surface area contributed by atoms with Gasteiger partial charge in [-0.2, -0.15) is 0 Å². The van der Waals surface area contributed by atoms with E-state index in [1.165, 1.54) is 0 Å². The normalized spacial score (nSPS) is 11.6. The van der Waals surface area contributed by atoms with Crippen LogP contribution < -0.4 is 10.1 Å². The van der Waals surface area contributed by atoms with Crippen LogP contribution in [-0.2, 0) is 16.1 Å². The lowest BCUT2D eigenvalue weighted by Gasteiger charge is -2.30. The number of benzene rings is 2. The second kappa shape index (κ2) is 12.4. The molecule has 0 saturated heterocycles. The number of nitrogens with one attached hydrogen (secondary N) is 1. The van der Waals surface area contributed by atoms with Crippen molar-refractivity contribution in [3.8, 4) is 5.75 Å². The summed E-state index contributed by atoms with van der Waals surface area (Å²) >= 11 is 3.39. The van der Waals surface area contributed by atoms with Crippen LogP contribution in [0.2, 0.25) is 0 Å². The van der Waals surface area contributed by atoms with Crippen molar-refractivity contribution in [3.63, 3.8) is 0 Å². The van der Waals surface area contributed by atoms with E-state index in [9.17, 15) is 9.59 Å². The van der Waals surface area contributed by atoms with Crippen LogP contribution in [0, 0.1) is 6.92 Å². The van der Waals surface area contributed by atoms with Crippen molar-refractivity contribution in [2.75, 3.05) is 13.2 Å². The van der Waals surface area contributed by atoms with Crippen LogP contribution in [-0.4, -0.2) is 35.9 Å². The molecule has 2 aromatic carbocycles. The fourth-order valence-corrected chi connectivity index (χ4v) is 3.46. The number of rotatable bonds is 11. The van der Waals surface area contributed by atoms with Crippen LogP contribution >= 0.6 is 15.9 Å². The van der Waals surface area contributed by atoms with Gasteiger partial charge < -0.3 is 15.0 Å². The lowest BCUT2D eigenvalue weighted by molar-refractivity contribution is -0.143. The van der Waals surface area contributed by atoms with Gasteiger partial charge in [-0.15, -0.1) is 0 Å². The molecule has 0 bridgehead atoms. The third kappa shape index (κ3) is 7.48. The lowest BCUT2D eigenvalue weighted by atomic mass is 10.1. The number of aryl methyl sites for hydroxylation is 1. The van der Waals surface area contributed by atoms with Gasteiger partial charge in [0.15, 0.2) is 6.61 Å². The summed E-state index contributed by atoms with van der Waals surface area (Å²) in [5, 5.41) is 2.97. The van der Waals surface area contributed by atoms with Crippen LogP contribution in [0.5, 0.6) is 5.75 Å². The minimum Gasteiger partial charge on any atom is -0.484 e. The minimum atomic E-state index is -0.539. The standard InChI is InChI=1S/C24H31BrN2O3/c1-4-6-14-26-24(29)22(5-2)27(16-19-9-7-8-18(3)15-19)23(28)17-30-21-12-10-20(25)11-13-21/h7-13,15,22H,4-6,14,16-17H2,1-3H3,(H,26,29)/t22-/m0/s1. The monoisotopic (exact) mass is 474 g/mol. The highest BCUT2D eigenvalue weighted by Gasteiger charge is 2.28. The number of unbranched alkanes of at least 4 members (excludes halogenated alkanes) is 1. The summed E-state index contributed by atoms with van der Waals surface area (Å²) in [4.78, 5) is 27.6. The maximum atomic E-state index is 13.1. The Hall–Kier alpha value is -2.34. The second-order valence-corrected chi connectivity index (χ2v) is 8.24. The molecule has 0 aliphatic carbocycles. The molecule has 1 atom stereocenters. The Balaban J connectivity index is 2.16. The maximum absolute atomic E-state index is 13.1. The Morgan fingerprint density at radius 1 is 1.13 bits per heavy atom. The van der Waals surface area contributed by atoms with Gasteiger partial charge in [-0.3, -0.25) is 9.59 Å². The first kappa shape index (κ1) is 23.9. The molecule has 162 valence electrons. The maximum Gasteiger partial charge on any atom is 0.261 e. The Morgan fingerprint density at radius 2 is 1.87 bits per heavy atom. The van der Waals surface area contributed by atoms with Crippen molar-refractivity contribution in [2.24, 2.45) is 0 Å². The van der Waals surface area contributed by atoms with Crippen LogP contribution in [0.1, 0.15) is 44.2 Å². The average Bonchev–Trinajstić information content (AvgIpc) is 2.73. The average molecular weight is 475 g/mol. The van der Waals surface area contributed by atoms with Crippen LogP contribution in [0.15, 0.2) is 53.0 Å². The van der Waals surface area contributed by atoms with E-state index in [1.807, 2.05) is 50.2 Å². The van der Waals surface area contributed by atoms with E-state index in [4.69, 9.17) is 4.74 Å². The minimum absolute atomic E-state index is 0.115. The summed E-state index contributed by atoms with van der Waals surface area (Å²) in [5.41, 5.74) is 2.11. The van der Waals surface area contributed by atoms with Crippen molar-refractivity contribution in [1.82, 2.24) is 10.2 Å². The molecule has 0 radical (unpaired) electrons. The number of ether oxygens (including phenoxy) is 1. The first-order valence-electron chi connectivity index (χ1n) is 10.5. The number of carbonyl (C=O) groups excluding carboxylic acids is 2. The van der Waals surface area contributed by atoms with E-state index in [0.717, 1.165) is 28.4 Å². The molecule has 0 aromatic heterocycles. The summed E-state index contributed by atoms with van der Waals surface area (Å²) in [6.45, 7) is 6.89.